The minimum Gasteiger partial charge on any atom is -0.379 e. The number of hydrogen-bond donors (Lipinski definition) is 1. The molecule has 0 aromatic heterocycles. The van der Waals surface area contributed by atoms with E-state index in [1.165, 1.54) is 13.0 Å². The second-order valence-corrected chi connectivity index (χ2v) is 5.14. The second-order valence-electron chi connectivity index (χ2n) is 5.14. The Kier molecular flexibility index (Phi) is 5.58. The van der Waals surface area contributed by atoms with E-state index in [1.54, 1.807) is 0 Å². The van der Waals surface area contributed by atoms with E-state index in [9.17, 15) is 0 Å². The zero-order valence-electron chi connectivity index (χ0n) is 10.6. The van der Waals surface area contributed by atoms with Gasteiger partial charge in [0, 0.05) is 18.5 Å². The molecule has 0 radical (unpaired) electrons. The van der Waals surface area contributed by atoms with Gasteiger partial charge in [0.15, 0.2) is 0 Å². The van der Waals surface area contributed by atoms with Crippen molar-refractivity contribution in [2.24, 2.45) is 11.8 Å². The summed E-state index contributed by atoms with van der Waals surface area (Å²) in [5.41, 5.74) is 0. The van der Waals surface area contributed by atoms with Crippen LogP contribution in [0.4, 0.5) is 0 Å². The number of rotatable bonds is 6. The molecule has 1 aliphatic heterocycles. The molecule has 0 aromatic carbocycles. The molecule has 3 nitrogen and oxygen atoms in total. The summed E-state index contributed by atoms with van der Waals surface area (Å²) in [6.07, 6.45) is 1.29. The van der Waals surface area contributed by atoms with Crippen molar-refractivity contribution >= 4 is 0 Å². The molecule has 0 amide bonds. The predicted octanol–water partition coefficient (Wildman–Crippen LogP) is 1.20. The molecule has 0 aliphatic carbocycles. The van der Waals surface area contributed by atoms with E-state index in [0.717, 1.165) is 25.7 Å². The molecule has 1 saturated heterocycles. The number of likely N-dealkylation sites (N-methyl/N-ethyl adjacent to an activating group) is 1. The highest BCUT2D eigenvalue weighted by molar-refractivity contribution is 4.81. The van der Waals surface area contributed by atoms with Crippen LogP contribution < -0.4 is 5.32 Å². The third-order valence-electron chi connectivity index (χ3n) is 3.20. The molecule has 1 heterocycles. The molecule has 2 atom stereocenters. The summed E-state index contributed by atoms with van der Waals surface area (Å²) in [5, 5.41) is 3.33. The Morgan fingerprint density at radius 1 is 1.40 bits per heavy atom. The zero-order chi connectivity index (χ0) is 11.3. The van der Waals surface area contributed by atoms with Crippen LogP contribution in [0.2, 0.25) is 0 Å². The summed E-state index contributed by atoms with van der Waals surface area (Å²) in [6.45, 7) is 8.70. The minimum atomic E-state index is 0.548. The molecule has 0 saturated carbocycles. The standard InChI is InChI=1S/C12H26N2O/c1-10(2)5-6-14(4)7-11-8-15-9-12(11)13-3/h10-13H,5-9H2,1-4H3. The van der Waals surface area contributed by atoms with Gasteiger partial charge in [-0.1, -0.05) is 13.8 Å². The smallest absolute Gasteiger partial charge is 0.0623 e. The normalized spacial score (nSPS) is 26.8. The molecule has 0 aromatic rings. The van der Waals surface area contributed by atoms with E-state index < -0.39 is 0 Å². The lowest BCUT2D eigenvalue weighted by molar-refractivity contribution is 0.172. The van der Waals surface area contributed by atoms with Gasteiger partial charge >= 0.3 is 0 Å². The Morgan fingerprint density at radius 2 is 2.13 bits per heavy atom. The van der Waals surface area contributed by atoms with Crippen LogP contribution in [-0.2, 0) is 4.74 Å². The number of ether oxygens (including phenoxy) is 1. The molecular weight excluding hydrogens is 188 g/mol. The van der Waals surface area contributed by atoms with E-state index in [-0.39, 0.29) is 0 Å². The highest BCUT2D eigenvalue weighted by Crippen LogP contribution is 2.14. The fourth-order valence-corrected chi connectivity index (χ4v) is 2.07. The fraction of sp³-hybridized carbons (Fsp3) is 1.00. The van der Waals surface area contributed by atoms with Crippen molar-refractivity contribution in [2.75, 3.05) is 40.4 Å². The Hall–Kier alpha value is -0.120. The highest BCUT2D eigenvalue weighted by Gasteiger charge is 2.27. The molecule has 2 unspecified atom stereocenters. The Bertz CT molecular complexity index is 173. The maximum Gasteiger partial charge on any atom is 0.0623 e. The fourth-order valence-electron chi connectivity index (χ4n) is 2.07. The summed E-state index contributed by atoms with van der Waals surface area (Å²) < 4.78 is 5.50. The third kappa shape index (κ3) is 4.49. The largest absolute Gasteiger partial charge is 0.379 e. The molecule has 1 aliphatic rings. The number of nitrogens with zero attached hydrogens (tertiary/aromatic N) is 1. The van der Waals surface area contributed by atoms with Crippen LogP contribution in [0.15, 0.2) is 0 Å². The zero-order valence-corrected chi connectivity index (χ0v) is 10.6. The van der Waals surface area contributed by atoms with E-state index >= 15 is 0 Å². The van der Waals surface area contributed by atoms with Crippen LogP contribution in [0.1, 0.15) is 20.3 Å². The average molecular weight is 214 g/mol. The van der Waals surface area contributed by atoms with Crippen LogP contribution in [0.25, 0.3) is 0 Å². The maximum atomic E-state index is 5.50. The highest BCUT2D eigenvalue weighted by atomic mass is 16.5. The van der Waals surface area contributed by atoms with Crippen molar-refractivity contribution < 1.29 is 4.74 Å². The van der Waals surface area contributed by atoms with E-state index in [4.69, 9.17) is 4.74 Å². The van der Waals surface area contributed by atoms with Crippen molar-refractivity contribution in [3.05, 3.63) is 0 Å². The van der Waals surface area contributed by atoms with Crippen molar-refractivity contribution in [1.29, 1.82) is 0 Å². The molecule has 90 valence electrons. The van der Waals surface area contributed by atoms with Gasteiger partial charge in [-0.3, -0.25) is 0 Å². The summed E-state index contributed by atoms with van der Waals surface area (Å²) in [5.74, 6) is 1.46. The molecule has 15 heavy (non-hydrogen) atoms. The van der Waals surface area contributed by atoms with Gasteiger partial charge in [-0.05, 0) is 33.0 Å². The van der Waals surface area contributed by atoms with Crippen molar-refractivity contribution in [3.63, 3.8) is 0 Å². The lowest BCUT2D eigenvalue weighted by atomic mass is 10.0. The van der Waals surface area contributed by atoms with Gasteiger partial charge in [-0.25, -0.2) is 0 Å². The van der Waals surface area contributed by atoms with Crippen LogP contribution in [-0.4, -0.2) is 51.3 Å². The van der Waals surface area contributed by atoms with Gasteiger partial charge in [0.2, 0.25) is 0 Å². The first-order chi connectivity index (χ1) is 7.13. The van der Waals surface area contributed by atoms with Gasteiger partial charge in [0.05, 0.1) is 13.2 Å². The molecule has 1 N–H and O–H groups in total. The summed E-state index contributed by atoms with van der Waals surface area (Å²) >= 11 is 0. The summed E-state index contributed by atoms with van der Waals surface area (Å²) in [4.78, 5) is 2.43. The second kappa shape index (κ2) is 6.46. The van der Waals surface area contributed by atoms with Gasteiger partial charge in [-0.2, -0.15) is 0 Å². The number of hydrogen-bond acceptors (Lipinski definition) is 3. The Labute approximate surface area is 94.2 Å². The van der Waals surface area contributed by atoms with Gasteiger partial charge in [0.25, 0.3) is 0 Å². The molecule has 1 fully saturated rings. The lowest BCUT2D eigenvalue weighted by Gasteiger charge is -2.24. The van der Waals surface area contributed by atoms with Crippen LogP contribution >= 0.6 is 0 Å². The first-order valence-electron chi connectivity index (χ1n) is 6.07. The van der Waals surface area contributed by atoms with Crippen LogP contribution in [0, 0.1) is 11.8 Å². The quantitative estimate of drug-likeness (QED) is 0.719. The molecule has 0 bridgehead atoms. The monoisotopic (exact) mass is 214 g/mol. The van der Waals surface area contributed by atoms with Crippen molar-refractivity contribution in [2.45, 2.75) is 26.3 Å². The predicted molar refractivity (Wildman–Crippen MR) is 64.1 cm³/mol. The average Bonchev–Trinajstić information content (AvgIpc) is 2.62. The van der Waals surface area contributed by atoms with Crippen molar-refractivity contribution in [1.82, 2.24) is 10.2 Å². The van der Waals surface area contributed by atoms with Gasteiger partial charge in [0.1, 0.15) is 0 Å². The molecule has 1 rings (SSSR count). The topological polar surface area (TPSA) is 24.5 Å². The first-order valence-corrected chi connectivity index (χ1v) is 6.07. The summed E-state index contributed by atoms with van der Waals surface area (Å²) in [7, 11) is 4.24. The minimum absolute atomic E-state index is 0.548. The molecule has 0 spiro atoms. The Balaban J connectivity index is 2.21. The summed E-state index contributed by atoms with van der Waals surface area (Å²) in [6, 6.07) is 0.548. The van der Waals surface area contributed by atoms with E-state index in [1.807, 2.05) is 7.05 Å². The van der Waals surface area contributed by atoms with Crippen molar-refractivity contribution in [3.8, 4) is 0 Å². The van der Waals surface area contributed by atoms with Crippen LogP contribution in [0.5, 0.6) is 0 Å². The van der Waals surface area contributed by atoms with E-state index in [0.29, 0.717) is 12.0 Å². The molecular formula is C12H26N2O. The number of nitrogens with one attached hydrogen (secondary N) is 1. The SMILES string of the molecule is CNC1COCC1CN(C)CCC(C)C. The Morgan fingerprint density at radius 3 is 2.73 bits per heavy atom. The van der Waals surface area contributed by atoms with Gasteiger partial charge < -0.3 is 15.0 Å². The third-order valence-corrected chi connectivity index (χ3v) is 3.20. The lowest BCUT2D eigenvalue weighted by Crippen LogP contribution is -2.39. The first kappa shape index (κ1) is 12.9. The molecule has 3 heteroatoms. The van der Waals surface area contributed by atoms with Crippen LogP contribution in [0.3, 0.4) is 0 Å². The maximum absolute atomic E-state index is 5.50. The van der Waals surface area contributed by atoms with E-state index in [2.05, 4.69) is 31.1 Å². The van der Waals surface area contributed by atoms with Gasteiger partial charge in [-0.15, -0.1) is 0 Å².